The Hall–Kier alpha value is -0.980. The van der Waals surface area contributed by atoms with E-state index in [0.717, 1.165) is 12.5 Å². The van der Waals surface area contributed by atoms with Crippen LogP contribution < -0.4 is 5.73 Å². The first kappa shape index (κ1) is 13.5. The second-order valence-corrected chi connectivity index (χ2v) is 6.60. The van der Waals surface area contributed by atoms with Crippen LogP contribution in [0.3, 0.4) is 0 Å². The molecule has 1 aromatic carbocycles. The van der Waals surface area contributed by atoms with E-state index in [1.54, 1.807) is 6.92 Å². The van der Waals surface area contributed by atoms with Crippen LogP contribution in [-0.4, -0.2) is 32.4 Å². The van der Waals surface area contributed by atoms with Gasteiger partial charge in [-0.1, -0.05) is 6.07 Å². The van der Waals surface area contributed by atoms with E-state index in [1.807, 2.05) is 0 Å². The summed E-state index contributed by atoms with van der Waals surface area (Å²) in [6.45, 7) is 2.97. The fourth-order valence-electron chi connectivity index (χ4n) is 2.09. The number of nitrogens with zero attached hydrogens (tertiary/aromatic N) is 1. The lowest BCUT2D eigenvalue weighted by atomic mass is 10.1. The second-order valence-electron chi connectivity index (χ2n) is 4.66. The Morgan fingerprint density at radius 2 is 2.22 bits per heavy atom. The topological polar surface area (TPSA) is 63.4 Å². The molecule has 1 aliphatic rings. The number of hydrogen-bond donors (Lipinski definition) is 1. The first-order chi connectivity index (χ1) is 8.45. The summed E-state index contributed by atoms with van der Waals surface area (Å²) in [5, 5.41) is 0. The summed E-state index contributed by atoms with van der Waals surface area (Å²) in [5.41, 5.74) is 5.98. The Morgan fingerprint density at radius 3 is 2.78 bits per heavy atom. The quantitative estimate of drug-likeness (QED) is 0.896. The molecule has 0 aromatic heterocycles. The molecule has 0 saturated carbocycles. The van der Waals surface area contributed by atoms with E-state index in [-0.39, 0.29) is 10.8 Å². The standard InChI is InChI=1S/C12H17FN2O2S/c1-9-2-3-11(6-12(9)13)18(16,17)15-5-4-10(7-14)8-15/h2-3,6,10H,4-5,7-8,14H2,1H3/t10-/m0/s1. The van der Waals surface area contributed by atoms with Crippen LogP contribution >= 0.6 is 0 Å². The average Bonchev–Trinajstić information content (AvgIpc) is 2.81. The fraction of sp³-hybridized carbons (Fsp3) is 0.500. The van der Waals surface area contributed by atoms with Gasteiger partial charge >= 0.3 is 0 Å². The van der Waals surface area contributed by atoms with E-state index >= 15 is 0 Å². The SMILES string of the molecule is Cc1ccc(S(=O)(=O)N2CC[C@@H](CN)C2)cc1F. The second kappa shape index (κ2) is 4.95. The molecule has 1 aromatic rings. The molecule has 0 radical (unpaired) electrons. The normalized spacial score (nSPS) is 21.4. The molecule has 1 atom stereocenters. The minimum atomic E-state index is -3.58. The van der Waals surface area contributed by atoms with Crippen molar-refractivity contribution < 1.29 is 12.8 Å². The predicted molar refractivity (Wildman–Crippen MR) is 67.1 cm³/mol. The smallest absolute Gasteiger partial charge is 0.243 e. The van der Waals surface area contributed by atoms with Gasteiger partial charge in [-0.25, -0.2) is 12.8 Å². The number of rotatable bonds is 3. The zero-order chi connectivity index (χ0) is 13.3. The molecule has 0 aliphatic carbocycles. The number of sulfonamides is 1. The Morgan fingerprint density at radius 1 is 1.50 bits per heavy atom. The van der Waals surface area contributed by atoms with Crippen LogP contribution in [0.25, 0.3) is 0 Å². The Bertz CT molecular complexity index is 545. The van der Waals surface area contributed by atoms with Crippen molar-refractivity contribution in [2.24, 2.45) is 11.7 Å². The zero-order valence-corrected chi connectivity index (χ0v) is 11.1. The Labute approximate surface area is 107 Å². The minimum absolute atomic E-state index is 0.0169. The van der Waals surface area contributed by atoms with E-state index in [4.69, 9.17) is 5.73 Å². The number of benzene rings is 1. The highest BCUT2D eigenvalue weighted by molar-refractivity contribution is 7.89. The molecule has 2 N–H and O–H groups in total. The first-order valence-corrected chi connectivity index (χ1v) is 7.35. The molecular weight excluding hydrogens is 255 g/mol. The number of nitrogens with two attached hydrogens (primary N) is 1. The molecule has 0 unspecified atom stereocenters. The van der Waals surface area contributed by atoms with E-state index < -0.39 is 15.8 Å². The first-order valence-electron chi connectivity index (χ1n) is 5.91. The van der Waals surface area contributed by atoms with Gasteiger partial charge < -0.3 is 5.73 Å². The fourth-order valence-corrected chi connectivity index (χ4v) is 3.63. The molecule has 2 rings (SSSR count). The van der Waals surface area contributed by atoms with Crippen LogP contribution in [0.15, 0.2) is 23.1 Å². The number of hydrogen-bond acceptors (Lipinski definition) is 3. The van der Waals surface area contributed by atoms with Crippen molar-refractivity contribution in [1.82, 2.24) is 4.31 Å². The van der Waals surface area contributed by atoms with Crippen molar-refractivity contribution >= 4 is 10.0 Å². The molecular formula is C12H17FN2O2S. The highest BCUT2D eigenvalue weighted by Gasteiger charge is 2.32. The van der Waals surface area contributed by atoms with Crippen molar-refractivity contribution in [2.75, 3.05) is 19.6 Å². The molecule has 1 saturated heterocycles. The molecule has 100 valence electrons. The number of aryl methyl sites for hydroxylation is 1. The maximum absolute atomic E-state index is 13.4. The molecule has 1 aliphatic heterocycles. The lowest BCUT2D eigenvalue weighted by Crippen LogP contribution is -2.30. The van der Waals surface area contributed by atoms with Crippen molar-refractivity contribution in [3.63, 3.8) is 0 Å². The maximum Gasteiger partial charge on any atom is 0.243 e. The van der Waals surface area contributed by atoms with E-state index in [1.165, 1.54) is 16.4 Å². The van der Waals surface area contributed by atoms with Gasteiger partial charge in [-0.2, -0.15) is 4.31 Å². The molecule has 4 nitrogen and oxygen atoms in total. The molecule has 1 fully saturated rings. The van der Waals surface area contributed by atoms with Crippen molar-refractivity contribution in [3.8, 4) is 0 Å². The maximum atomic E-state index is 13.4. The van der Waals surface area contributed by atoms with Crippen molar-refractivity contribution in [1.29, 1.82) is 0 Å². The Balaban J connectivity index is 2.28. The van der Waals surface area contributed by atoms with Gasteiger partial charge in [0.1, 0.15) is 5.82 Å². The summed E-state index contributed by atoms with van der Waals surface area (Å²) in [7, 11) is -3.58. The van der Waals surface area contributed by atoms with Crippen molar-refractivity contribution in [2.45, 2.75) is 18.2 Å². The van der Waals surface area contributed by atoms with E-state index in [2.05, 4.69) is 0 Å². The highest BCUT2D eigenvalue weighted by atomic mass is 32.2. The third kappa shape index (κ3) is 2.41. The summed E-state index contributed by atoms with van der Waals surface area (Å²) in [6.07, 6.45) is 0.768. The van der Waals surface area contributed by atoms with Crippen LogP contribution in [-0.2, 0) is 10.0 Å². The van der Waals surface area contributed by atoms with Gasteiger partial charge in [0.05, 0.1) is 4.90 Å². The molecule has 0 bridgehead atoms. The van der Waals surface area contributed by atoms with Gasteiger partial charge in [0.15, 0.2) is 0 Å². The largest absolute Gasteiger partial charge is 0.330 e. The molecule has 1 heterocycles. The monoisotopic (exact) mass is 272 g/mol. The number of halogens is 1. The lowest BCUT2D eigenvalue weighted by Gasteiger charge is -2.16. The lowest BCUT2D eigenvalue weighted by molar-refractivity contribution is 0.458. The van der Waals surface area contributed by atoms with Crippen molar-refractivity contribution in [3.05, 3.63) is 29.6 Å². The van der Waals surface area contributed by atoms with E-state index in [9.17, 15) is 12.8 Å². The predicted octanol–water partition coefficient (Wildman–Crippen LogP) is 1.10. The molecule has 6 heteroatoms. The van der Waals surface area contributed by atoms with Gasteiger partial charge in [-0.05, 0) is 43.5 Å². The zero-order valence-electron chi connectivity index (χ0n) is 10.3. The average molecular weight is 272 g/mol. The van der Waals surface area contributed by atoms with Gasteiger partial charge in [-0.15, -0.1) is 0 Å². The molecule has 0 spiro atoms. The molecule has 18 heavy (non-hydrogen) atoms. The van der Waals surface area contributed by atoms with Gasteiger partial charge in [0.2, 0.25) is 10.0 Å². The van der Waals surface area contributed by atoms with Crippen LogP contribution in [0.2, 0.25) is 0 Å². The van der Waals surface area contributed by atoms with Crippen LogP contribution in [0, 0.1) is 18.7 Å². The van der Waals surface area contributed by atoms with Crippen LogP contribution in [0.4, 0.5) is 4.39 Å². The summed E-state index contributed by atoms with van der Waals surface area (Å²) in [5.74, 6) is -0.291. The summed E-state index contributed by atoms with van der Waals surface area (Å²) >= 11 is 0. The van der Waals surface area contributed by atoms with Gasteiger partial charge in [-0.3, -0.25) is 0 Å². The van der Waals surface area contributed by atoms with Gasteiger partial charge in [0.25, 0.3) is 0 Å². The van der Waals surface area contributed by atoms with Crippen LogP contribution in [0.5, 0.6) is 0 Å². The summed E-state index contributed by atoms with van der Waals surface area (Å²) in [6, 6.07) is 4.02. The summed E-state index contributed by atoms with van der Waals surface area (Å²) < 4.78 is 39.4. The highest BCUT2D eigenvalue weighted by Crippen LogP contribution is 2.24. The Kier molecular flexibility index (Phi) is 3.70. The van der Waals surface area contributed by atoms with E-state index in [0.29, 0.717) is 25.2 Å². The molecule has 0 amide bonds. The van der Waals surface area contributed by atoms with Gasteiger partial charge in [0, 0.05) is 13.1 Å². The third-order valence-electron chi connectivity index (χ3n) is 3.36. The third-order valence-corrected chi connectivity index (χ3v) is 5.22. The summed E-state index contributed by atoms with van der Waals surface area (Å²) in [4.78, 5) is 0.0169. The minimum Gasteiger partial charge on any atom is -0.330 e. The van der Waals surface area contributed by atoms with Crippen LogP contribution in [0.1, 0.15) is 12.0 Å².